The second-order valence-corrected chi connectivity index (χ2v) is 19.6. The van der Waals surface area contributed by atoms with Crippen LogP contribution in [-0.2, 0) is 16.2 Å². The molecule has 13 rings (SSSR count). The maximum absolute atomic E-state index is 2.54. The van der Waals surface area contributed by atoms with Gasteiger partial charge in [0.05, 0.1) is 5.41 Å². The second-order valence-electron chi connectivity index (χ2n) is 19.6. The number of fused-ring (bicyclic) bond motifs is 11. The predicted octanol–water partition coefficient (Wildman–Crippen LogP) is 17.0. The molecule has 0 aliphatic heterocycles. The van der Waals surface area contributed by atoms with Crippen molar-refractivity contribution in [1.82, 2.24) is 0 Å². The number of anilines is 3. The molecule has 0 aromatic heterocycles. The molecule has 0 amide bonds. The average molecular weight is 844 g/mol. The summed E-state index contributed by atoms with van der Waals surface area (Å²) in [6.45, 7) is 9.59. The first-order valence-corrected chi connectivity index (χ1v) is 23.4. The van der Waals surface area contributed by atoms with Gasteiger partial charge in [-0.25, -0.2) is 0 Å². The van der Waals surface area contributed by atoms with Crippen molar-refractivity contribution in [2.75, 3.05) is 4.90 Å². The van der Waals surface area contributed by atoms with Crippen molar-refractivity contribution in [1.29, 1.82) is 0 Å². The summed E-state index contributed by atoms with van der Waals surface area (Å²) in [5, 5.41) is 2.62. The Kier molecular flexibility index (Phi) is 8.28. The van der Waals surface area contributed by atoms with Gasteiger partial charge in [-0.15, -0.1) is 0 Å². The van der Waals surface area contributed by atoms with Crippen molar-refractivity contribution in [2.45, 2.75) is 43.9 Å². The Balaban J connectivity index is 1.08. The molecule has 0 spiro atoms. The third-order valence-corrected chi connectivity index (χ3v) is 15.5. The molecule has 0 saturated heterocycles. The highest BCUT2D eigenvalue weighted by Gasteiger charge is 2.47. The molecule has 0 saturated carbocycles. The maximum Gasteiger partial charge on any atom is 0.0714 e. The molecule has 314 valence electrons. The molecule has 1 nitrogen and oxygen atoms in total. The standard InChI is InChI=1S/C65H49N/c1-63(2)57-30-18-16-27-49(57)51-35-32-46(39-60(51)63)66(45-34-37-58-55(38-45)56-41-54(42-20-8-5-9-21-42)48-26-14-15-29-53(48)62(56)64(58,3)4)47-33-36-52-50-28-17-19-31-59(50)65(61(52)40-47,43-22-10-6-11-23-43)44-24-12-7-13-25-44/h5-41H,1-4H3. The first-order chi connectivity index (χ1) is 32.3. The lowest BCUT2D eigenvalue weighted by Gasteiger charge is -2.35. The third kappa shape index (κ3) is 5.29. The Labute approximate surface area is 388 Å². The fourth-order valence-electron chi connectivity index (χ4n) is 12.5. The minimum absolute atomic E-state index is 0.154. The molecule has 3 aliphatic carbocycles. The van der Waals surface area contributed by atoms with Gasteiger partial charge < -0.3 is 4.90 Å². The molecule has 1 heteroatoms. The van der Waals surface area contributed by atoms with Crippen molar-refractivity contribution in [3.8, 4) is 44.5 Å². The molecule has 0 atom stereocenters. The van der Waals surface area contributed by atoms with Crippen LogP contribution in [0, 0.1) is 0 Å². The van der Waals surface area contributed by atoms with Gasteiger partial charge in [-0.1, -0.05) is 210 Å². The summed E-state index contributed by atoms with van der Waals surface area (Å²) in [6.07, 6.45) is 0. The number of rotatable bonds is 6. The van der Waals surface area contributed by atoms with Gasteiger partial charge >= 0.3 is 0 Å². The molecule has 0 unspecified atom stereocenters. The van der Waals surface area contributed by atoms with Gasteiger partial charge in [-0.3, -0.25) is 0 Å². The monoisotopic (exact) mass is 843 g/mol. The SMILES string of the molecule is CC1(C)c2ccccc2-c2ccc(N(c3ccc4c(c3)-c3cc(-c5ccccc5)c5ccccc5c3C4(C)C)c3ccc4c(c3)C(c3ccccc3)(c3ccccc3)c3ccccc3-4)cc21. The summed E-state index contributed by atoms with van der Waals surface area (Å²) in [5.41, 5.74) is 23.5. The number of benzene rings is 10. The molecule has 0 radical (unpaired) electrons. The average Bonchev–Trinajstić information content (AvgIpc) is 3.88. The summed E-state index contributed by atoms with van der Waals surface area (Å²) < 4.78 is 0. The first-order valence-electron chi connectivity index (χ1n) is 23.4. The Morgan fingerprint density at radius 2 is 0.758 bits per heavy atom. The van der Waals surface area contributed by atoms with E-state index in [1.165, 1.54) is 99.8 Å². The first kappa shape index (κ1) is 38.7. The molecule has 10 aromatic carbocycles. The molecule has 66 heavy (non-hydrogen) atoms. The van der Waals surface area contributed by atoms with Gasteiger partial charge in [0.25, 0.3) is 0 Å². The quantitative estimate of drug-likeness (QED) is 0.161. The fourth-order valence-corrected chi connectivity index (χ4v) is 12.5. The summed E-state index contributed by atoms with van der Waals surface area (Å²) in [6, 6.07) is 84.5. The largest absolute Gasteiger partial charge is 0.310 e. The van der Waals surface area contributed by atoms with Crippen molar-refractivity contribution in [3.05, 3.63) is 269 Å². The Hall–Kier alpha value is -7.74. The second kappa shape index (κ2) is 14.1. The van der Waals surface area contributed by atoms with Crippen LogP contribution in [0.2, 0.25) is 0 Å². The Bertz CT molecular complexity index is 3540. The highest BCUT2D eigenvalue weighted by atomic mass is 15.1. The maximum atomic E-state index is 2.54. The van der Waals surface area contributed by atoms with Gasteiger partial charge in [0, 0.05) is 27.9 Å². The van der Waals surface area contributed by atoms with E-state index in [0.29, 0.717) is 0 Å². The van der Waals surface area contributed by atoms with Crippen LogP contribution in [0.4, 0.5) is 17.1 Å². The van der Waals surface area contributed by atoms with Crippen molar-refractivity contribution < 1.29 is 0 Å². The van der Waals surface area contributed by atoms with E-state index >= 15 is 0 Å². The van der Waals surface area contributed by atoms with Gasteiger partial charge in [-0.2, -0.15) is 0 Å². The summed E-state index contributed by atoms with van der Waals surface area (Å²) in [4.78, 5) is 2.54. The summed E-state index contributed by atoms with van der Waals surface area (Å²) in [7, 11) is 0. The van der Waals surface area contributed by atoms with Crippen LogP contribution in [0.3, 0.4) is 0 Å². The molecular weight excluding hydrogens is 795 g/mol. The lowest BCUT2D eigenvalue weighted by molar-refractivity contribution is 0.660. The van der Waals surface area contributed by atoms with Gasteiger partial charge in [0.2, 0.25) is 0 Å². The van der Waals surface area contributed by atoms with Crippen LogP contribution in [0.5, 0.6) is 0 Å². The highest BCUT2D eigenvalue weighted by molar-refractivity contribution is 6.06. The smallest absolute Gasteiger partial charge is 0.0714 e. The van der Waals surface area contributed by atoms with E-state index in [2.05, 4.69) is 257 Å². The molecule has 0 bridgehead atoms. The molecular formula is C65H49N. The van der Waals surface area contributed by atoms with Crippen LogP contribution in [0.1, 0.15) is 72.2 Å². The molecule has 10 aromatic rings. The van der Waals surface area contributed by atoms with Crippen LogP contribution in [0.25, 0.3) is 55.3 Å². The zero-order valence-corrected chi connectivity index (χ0v) is 37.8. The molecule has 3 aliphatic rings. The Morgan fingerprint density at radius 1 is 0.288 bits per heavy atom. The lowest BCUT2D eigenvalue weighted by atomic mass is 9.67. The molecule has 0 heterocycles. The molecule has 0 N–H and O–H groups in total. The topological polar surface area (TPSA) is 3.24 Å². The predicted molar refractivity (Wildman–Crippen MR) is 276 cm³/mol. The van der Waals surface area contributed by atoms with E-state index in [9.17, 15) is 0 Å². The van der Waals surface area contributed by atoms with E-state index < -0.39 is 5.41 Å². The van der Waals surface area contributed by atoms with Crippen molar-refractivity contribution >= 4 is 27.8 Å². The summed E-state index contributed by atoms with van der Waals surface area (Å²) >= 11 is 0. The van der Waals surface area contributed by atoms with Gasteiger partial charge in [0.1, 0.15) is 0 Å². The summed E-state index contributed by atoms with van der Waals surface area (Å²) in [5.74, 6) is 0. The van der Waals surface area contributed by atoms with E-state index in [-0.39, 0.29) is 10.8 Å². The minimum atomic E-state index is -0.520. The van der Waals surface area contributed by atoms with Crippen LogP contribution in [-0.4, -0.2) is 0 Å². The number of nitrogens with zero attached hydrogens (tertiary/aromatic N) is 1. The number of hydrogen-bond acceptors (Lipinski definition) is 1. The Morgan fingerprint density at radius 3 is 1.42 bits per heavy atom. The van der Waals surface area contributed by atoms with E-state index in [0.717, 1.165) is 17.1 Å². The molecule has 0 fully saturated rings. The normalized spacial score (nSPS) is 15.0. The van der Waals surface area contributed by atoms with Crippen molar-refractivity contribution in [3.63, 3.8) is 0 Å². The fraction of sp³-hybridized carbons (Fsp3) is 0.108. The number of hydrogen-bond donors (Lipinski definition) is 0. The van der Waals surface area contributed by atoms with Gasteiger partial charge in [0.15, 0.2) is 0 Å². The van der Waals surface area contributed by atoms with E-state index in [1.54, 1.807) is 0 Å². The lowest BCUT2D eigenvalue weighted by Crippen LogP contribution is -2.28. The van der Waals surface area contributed by atoms with Crippen molar-refractivity contribution in [2.24, 2.45) is 0 Å². The van der Waals surface area contributed by atoms with Crippen LogP contribution < -0.4 is 4.90 Å². The minimum Gasteiger partial charge on any atom is -0.310 e. The van der Waals surface area contributed by atoms with E-state index in [4.69, 9.17) is 0 Å². The van der Waals surface area contributed by atoms with Crippen LogP contribution >= 0.6 is 0 Å². The third-order valence-electron chi connectivity index (χ3n) is 15.5. The van der Waals surface area contributed by atoms with Crippen LogP contribution in [0.15, 0.2) is 224 Å². The zero-order chi connectivity index (χ0) is 44.4. The van der Waals surface area contributed by atoms with E-state index in [1.807, 2.05) is 0 Å². The van der Waals surface area contributed by atoms with Gasteiger partial charge in [-0.05, 0) is 142 Å². The highest BCUT2D eigenvalue weighted by Crippen LogP contribution is 2.59. The zero-order valence-electron chi connectivity index (χ0n) is 37.8.